The number of halogens is 1. The van der Waals surface area contributed by atoms with Crippen molar-refractivity contribution >= 4 is 27.3 Å². The van der Waals surface area contributed by atoms with Crippen molar-refractivity contribution in [3.8, 4) is 0 Å². The molecule has 1 rings (SSSR count). The minimum Gasteiger partial charge on any atom is -0.383 e. The summed E-state index contributed by atoms with van der Waals surface area (Å²) in [5, 5.41) is 5.62. The van der Waals surface area contributed by atoms with Crippen LogP contribution >= 0.6 is 27.3 Å². The first-order valence-electron chi connectivity index (χ1n) is 5.08. The lowest BCUT2D eigenvalue weighted by molar-refractivity contribution is 0.146. The average Bonchev–Trinajstić information content (AvgIpc) is 2.58. The van der Waals surface area contributed by atoms with E-state index in [4.69, 9.17) is 4.74 Å². The quantitative estimate of drug-likeness (QED) is 0.869. The van der Waals surface area contributed by atoms with Crippen LogP contribution in [0, 0.1) is 5.92 Å². The molecule has 0 spiro atoms. The molecule has 86 valence electrons. The lowest BCUT2D eigenvalue weighted by Crippen LogP contribution is -2.37. The number of hydrogen-bond donors (Lipinski definition) is 1. The van der Waals surface area contributed by atoms with Crippen LogP contribution in [0.15, 0.2) is 15.9 Å². The van der Waals surface area contributed by atoms with Crippen LogP contribution in [0.2, 0.25) is 0 Å². The summed E-state index contributed by atoms with van der Waals surface area (Å²) in [6.07, 6.45) is 0. The van der Waals surface area contributed by atoms with Crippen LogP contribution in [0.3, 0.4) is 0 Å². The normalized spacial score (nSPS) is 13.4. The van der Waals surface area contributed by atoms with Gasteiger partial charge in [-0.25, -0.2) is 0 Å². The van der Waals surface area contributed by atoms with Crippen molar-refractivity contribution in [3.05, 3.63) is 20.8 Å². The molecule has 0 bridgehead atoms. The monoisotopic (exact) mass is 291 g/mol. The maximum Gasteiger partial charge on any atom is 0.0618 e. The van der Waals surface area contributed by atoms with Crippen LogP contribution in [-0.4, -0.2) is 19.8 Å². The van der Waals surface area contributed by atoms with Gasteiger partial charge < -0.3 is 10.1 Å². The molecule has 15 heavy (non-hydrogen) atoms. The molecule has 1 unspecified atom stereocenters. The van der Waals surface area contributed by atoms with Crippen LogP contribution < -0.4 is 5.32 Å². The Bertz CT molecular complexity index is 288. The van der Waals surface area contributed by atoms with E-state index in [9.17, 15) is 0 Å². The highest BCUT2D eigenvalue weighted by Crippen LogP contribution is 2.19. The molecule has 4 heteroatoms. The molecule has 1 aromatic heterocycles. The van der Waals surface area contributed by atoms with Crippen LogP contribution in [-0.2, 0) is 11.3 Å². The Morgan fingerprint density at radius 2 is 2.27 bits per heavy atom. The average molecular weight is 292 g/mol. The van der Waals surface area contributed by atoms with Gasteiger partial charge in [0.1, 0.15) is 0 Å². The van der Waals surface area contributed by atoms with E-state index < -0.39 is 0 Å². The number of hydrogen-bond acceptors (Lipinski definition) is 3. The number of ether oxygens (including phenoxy) is 1. The van der Waals surface area contributed by atoms with Gasteiger partial charge in [0.25, 0.3) is 0 Å². The van der Waals surface area contributed by atoms with Gasteiger partial charge in [-0.3, -0.25) is 0 Å². The molecule has 0 amide bonds. The fourth-order valence-electron chi connectivity index (χ4n) is 1.34. The second kappa shape index (κ2) is 6.63. The lowest BCUT2D eigenvalue weighted by atomic mass is 10.1. The Morgan fingerprint density at radius 1 is 1.53 bits per heavy atom. The van der Waals surface area contributed by atoms with Crippen molar-refractivity contribution in [1.29, 1.82) is 0 Å². The topological polar surface area (TPSA) is 21.3 Å². The molecule has 0 radical (unpaired) electrons. The Kier molecular flexibility index (Phi) is 5.82. The highest BCUT2D eigenvalue weighted by atomic mass is 79.9. The highest BCUT2D eigenvalue weighted by molar-refractivity contribution is 9.10. The summed E-state index contributed by atoms with van der Waals surface area (Å²) >= 11 is 5.23. The van der Waals surface area contributed by atoms with E-state index >= 15 is 0 Å². The Hall–Kier alpha value is 0.1000. The molecule has 1 heterocycles. The molecule has 2 nitrogen and oxygen atoms in total. The number of thiophene rings is 1. The van der Waals surface area contributed by atoms with Crippen molar-refractivity contribution < 1.29 is 4.74 Å². The standard InChI is InChI=1S/C11H18BrNOS/c1-8(2)11(6-14-3)13-5-10-4-9(12)7-15-10/h4,7-8,11,13H,5-6H2,1-3H3. The third-order valence-corrected chi connectivity index (χ3v) is 4.01. The van der Waals surface area contributed by atoms with Crippen LogP contribution in [0.5, 0.6) is 0 Å². The molecule has 0 aliphatic rings. The van der Waals surface area contributed by atoms with Gasteiger partial charge in [-0.2, -0.15) is 0 Å². The number of nitrogens with one attached hydrogen (secondary N) is 1. The molecule has 0 fully saturated rings. The van der Waals surface area contributed by atoms with Crippen LogP contribution in [0.25, 0.3) is 0 Å². The Morgan fingerprint density at radius 3 is 2.73 bits per heavy atom. The zero-order valence-corrected chi connectivity index (χ0v) is 11.8. The SMILES string of the molecule is COCC(NCc1cc(Br)cs1)C(C)C. The molecule has 0 saturated carbocycles. The number of methoxy groups -OCH3 is 1. The van der Waals surface area contributed by atoms with Crippen LogP contribution in [0.1, 0.15) is 18.7 Å². The van der Waals surface area contributed by atoms with E-state index in [0.717, 1.165) is 17.6 Å². The van der Waals surface area contributed by atoms with E-state index in [2.05, 4.69) is 46.5 Å². The summed E-state index contributed by atoms with van der Waals surface area (Å²) in [7, 11) is 1.75. The largest absolute Gasteiger partial charge is 0.383 e. The highest BCUT2D eigenvalue weighted by Gasteiger charge is 2.12. The van der Waals surface area contributed by atoms with Gasteiger partial charge in [0.2, 0.25) is 0 Å². The molecular weight excluding hydrogens is 274 g/mol. The fourth-order valence-corrected chi connectivity index (χ4v) is 2.75. The van der Waals surface area contributed by atoms with Crippen molar-refractivity contribution in [2.24, 2.45) is 5.92 Å². The van der Waals surface area contributed by atoms with Gasteiger partial charge in [-0.15, -0.1) is 11.3 Å². The smallest absolute Gasteiger partial charge is 0.0618 e. The van der Waals surface area contributed by atoms with Crippen molar-refractivity contribution in [1.82, 2.24) is 5.32 Å². The first kappa shape index (κ1) is 13.2. The van der Waals surface area contributed by atoms with Gasteiger partial charge in [0.15, 0.2) is 0 Å². The molecule has 1 atom stereocenters. The van der Waals surface area contributed by atoms with E-state index in [-0.39, 0.29) is 0 Å². The summed E-state index contributed by atoms with van der Waals surface area (Å²) in [5.74, 6) is 0.591. The van der Waals surface area contributed by atoms with Crippen molar-refractivity contribution in [2.75, 3.05) is 13.7 Å². The maximum atomic E-state index is 5.19. The second-order valence-electron chi connectivity index (χ2n) is 3.92. The zero-order chi connectivity index (χ0) is 11.3. The van der Waals surface area contributed by atoms with Gasteiger partial charge in [0.05, 0.1) is 6.61 Å². The molecule has 0 aromatic carbocycles. The van der Waals surface area contributed by atoms with Crippen molar-refractivity contribution in [3.63, 3.8) is 0 Å². The van der Waals surface area contributed by atoms with E-state index in [1.807, 2.05) is 0 Å². The fraction of sp³-hybridized carbons (Fsp3) is 0.636. The molecule has 0 aliphatic carbocycles. The predicted molar refractivity (Wildman–Crippen MR) is 69.4 cm³/mol. The first-order valence-corrected chi connectivity index (χ1v) is 6.76. The molecule has 0 saturated heterocycles. The van der Waals surface area contributed by atoms with Crippen LogP contribution in [0.4, 0.5) is 0 Å². The summed E-state index contributed by atoms with van der Waals surface area (Å²) in [6, 6.07) is 2.58. The van der Waals surface area contributed by atoms with Gasteiger partial charge in [-0.1, -0.05) is 13.8 Å². The minimum absolute atomic E-state index is 0.427. The second-order valence-corrected chi connectivity index (χ2v) is 5.83. The maximum absolute atomic E-state index is 5.19. The molecule has 1 N–H and O–H groups in total. The molecule has 0 aliphatic heterocycles. The predicted octanol–water partition coefficient (Wildman–Crippen LogP) is 3.27. The van der Waals surface area contributed by atoms with Crippen molar-refractivity contribution in [2.45, 2.75) is 26.4 Å². The Balaban J connectivity index is 2.39. The lowest BCUT2D eigenvalue weighted by Gasteiger charge is -2.21. The van der Waals surface area contributed by atoms with Gasteiger partial charge >= 0.3 is 0 Å². The van der Waals surface area contributed by atoms with E-state index in [1.54, 1.807) is 18.4 Å². The third kappa shape index (κ3) is 4.64. The van der Waals surface area contributed by atoms with E-state index in [1.165, 1.54) is 4.88 Å². The minimum atomic E-state index is 0.427. The summed E-state index contributed by atoms with van der Waals surface area (Å²) < 4.78 is 6.35. The molecule has 1 aromatic rings. The van der Waals surface area contributed by atoms with Gasteiger partial charge in [-0.05, 0) is 27.9 Å². The Labute approximate surface area is 104 Å². The third-order valence-electron chi connectivity index (χ3n) is 2.31. The molecular formula is C11H18BrNOS. The number of rotatable bonds is 6. The zero-order valence-electron chi connectivity index (χ0n) is 9.42. The summed E-state index contributed by atoms with van der Waals surface area (Å²) in [4.78, 5) is 1.35. The summed E-state index contributed by atoms with van der Waals surface area (Å²) in [6.45, 7) is 6.11. The first-order chi connectivity index (χ1) is 7.13. The van der Waals surface area contributed by atoms with Gasteiger partial charge in [0, 0.05) is 34.4 Å². The summed E-state index contributed by atoms with van der Waals surface area (Å²) in [5.41, 5.74) is 0. The van der Waals surface area contributed by atoms with E-state index in [0.29, 0.717) is 12.0 Å².